The maximum absolute atomic E-state index is 13.0. The van der Waals surface area contributed by atoms with Crippen molar-refractivity contribution in [2.24, 2.45) is 0 Å². The highest BCUT2D eigenvalue weighted by atomic mass is 32.1. The number of hydrogen-bond donors (Lipinski definition) is 2. The number of benzene rings is 3. The topological polar surface area (TPSA) is 101 Å². The maximum Gasteiger partial charge on any atom is 0.410 e. The zero-order chi connectivity index (χ0) is 26.3. The van der Waals surface area contributed by atoms with Crippen molar-refractivity contribution in [2.45, 2.75) is 25.5 Å². The van der Waals surface area contributed by atoms with E-state index in [1.165, 1.54) is 16.2 Å². The molecule has 1 aromatic heterocycles. The fraction of sp³-hybridized carbons (Fsp3) is 0.172. The van der Waals surface area contributed by atoms with Gasteiger partial charge < -0.3 is 15.4 Å². The molecule has 2 heterocycles. The number of thiazole rings is 1. The minimum absolute atomic E-state index is 0.162. The summed E-state index contributed by atoms with van der Waals surface area (Å²) in [4.78, 5) is 44.0. The van der Waals surface area contributed by atoms with E-state index in [2.05, 4.69) is 15.6 Å². The molecule has 0 aliphatic carbocycles. The number of hydrogen-bond acceptors (Lipinski definition) is 6. The quantitative estimate of drug-likeness (QED) is 0.317. The zero-order valence-corrected chi connectivity index (χ0v) is 21.3. The van der Waals surface area contributed by atoms with Crippen molar-refractivity contribution in [3.05, 3.63) is 101 Å². The van der Waals surface area contributed by atoms with Gasteiger partial charge in [-0.3, -0.25) is 14.5 Å². The van der Waals surface area contributed by atoms with Gasteiger partial charge in [-0.1, -0.05) is 60.7 Å². The monoisotopic (exact) mass is 526 g/mol. The lowest BCUT2D eigenvalue weighted by atomic mass is 10.1. The van der Waals surface area contributed by atoms with Crippen molar-refractivity contribution in [1.82, 2.24) is 9.88 Å². The minimum Gasteiger partial charge on any atom is -0.445 e. The first-order valence-corrected chi connectivity index (χ1v) is 13.2. The Kier molecular flexibility index (Phi) is 7.75. The second-order valence-corrected chi connectivity index (χ2v) is 9.67. The molecule has 4 aromatic rings. The van der Waals surface area contributed by atoms with Crippen LogP contribution in [0.1, 0.15) is 28.8 Å². The summed E-state index contributed by atoms with van der Waals surface area (Å²) in [5.41, 5.74) is 3.71. The SMILES string of the molecule is O=C(Nc1ccc(-c2csc(NC(=O)C3CCCN3C(=O)OCc3ccccc3)n2)cc1)c1ccccc1. The third kappa shape index (κ3) is 6.07. The normalized spacial score (nSPS) is 14.6. The number of anilines is 2. The molecule has 38 heavy (non-hydrogen) atoms. The molecular formula is C29H26N4O4S. The molecule has 3 amide bonds. The summed E-state index contributed by atoms with van der Waals surface area (Å²) in [6.07, 6.45) is 0.806. The summed E-state index contributed by atoms with van der Waals surface area (Å²) in [6.45, 7) is 0.636. The van der Waals surface area contributed by atoms with Gasteiger partial charge in [-0.15, -0.1) is 11.3 Å². The summed E-state index contributed by atoms with van der Waals surface area (Å²) >= 11 is 1.31. The minimum atomic E-state index is -0.599. The number of rotatable bonds is 7. The molecule has 1 unspecified atom stereocenters. The van der Waals surface area contributed by atoms with Crippen LogP contribution in [-0.4, -0.2) is 40.4 Å². The molecule has 1 saturated heterocycles. The van der Waals surface area contributed by atoms with Gasteiger partial charge in [0.25, 0.3) is 5.91 Å². The Morgan fingerprint density at radius 3 is 2.37 bits per heavy atom. The maximum atomic E-state index is 13.0. The molecule has 1 atom stereocenters. The average molecular weight is 527 g/mol. The highest BCUT2D eigenvalue weighted by Gasteiger charge is 2.35. The number of likely N-dealkylation sites (tertiary alicyclic amines) is 1. The number of carbonyl (C=O) groups excluding carboxylic acids is 3. The van der Waals surface area contributed by atoms with Gasteiger partial charge in [0.15, 0.2) is 5.13 Å². The molecule has 0 spiro atoms. The van der Waals surface area contributed by atoms with Gasteiger partial charge >= 0.3 is 6.09 Å². The Morgan fingerprint density at radius 1 is 0.921 bits per heavy atom. The predicted octanol–water partition coefficient (Wildman–Crippen LogP) is 5.80. The first-order valence-electron chi connectivity index (χ1n) is 12.3. The van der Waals surface area contributed by atoms with Crippen LogP contribution in [0.25, 0.3) is 11.3 Å². The Hall–Kier alpha value is -4.50. The molecule has 1 aliphatic rings. The van der Waals surface area contributed by atoms with Crippen LogP contribution in [0.15, 0.2) is 90.3 Å². The molecule has 2 N–H and O–H groups in total. The lowest BCUT2D eigenvalue weighted by molar-refractivity contribution is -0.120. The van der Waals surface area contributed by atoms with Gasteiger partial charge in [0, 0.05) is 28.7 Å². The molecule has 5 rings (SSSR count). The Balaban J connectivity index is 1.16. The van der Waals surface area contributed by atoms with Gasteiger partial charge in [0.2, 0.25) is 5.91 Å². The van der Waals surface area contributed by atoms with Gasteiger partial charge in [-0.05, 0) is 42.7 Å². The van der Waals surface area contributed by atoms with Crippen molar-refractivity contribution in [3.63, 3.8) is 0 Å². The van der Waals surface area contributed by atoms with E-state index in [0.29, 0.717) is 35.0 Å². The van der Waals surface area contributed by atoms with Crippen LogP contribution in [0, 0.1) is 0 Å². The van der Waals surface area contributed by atoms with Crippen LogP contribution in [0.2, 0.25) is 0 Å². The lowest BCUT2D eigenvalue weighted by Crippen LogP contribution is -2.43. The van der Waals surface area contributed by atoms with Crippen molar-refractivity contribution >= 4 is 40.1 Å². The predicted molar refractivity (Wildman–Crippen MR) is 147 cm³/mol. The zero-order valence-electron chi connectivity index (χ0n) is 20.5. The van der Waals surface area contributed by atoms with E-state index >= 15 is 0 Å². The van der Waals surface area contributed by atoms with Crippen LogP contribution in [-0.2, 0) is 16.1 Å². The number of ether oxygens (including phenoxy) is 1. The van der Waals surface area contributed by atoms with E-state index < -0.39 is 12.1 Å². The Morgan fingerprint density at radius 2 is 1.63 bits per heavy atom. The summed E-state index contributed by atoms with van der Waals surface area (Å²) in [7, 11) is 0. The first-order chi connectivity index (χ1) is 18.6. The lowest BCUT2D eigenvalue weighted by Gasteiger charge is -2.22. The molecule has 0 radical (unpaired) electrons. The smallest absolute Gasteiger partial charge is 0.410 e. The van der Waals surface area contributed by atoms with Crippen LogP contribution in [0.3, 0.4) is 0 Å². The van der Waals surface area contributed by atoms with E-state index in [4.69, 9.17) is 4.74 Å². The number of nitrogens with zero attached hydrogens (tertiary/aromatic N) is 2. The first kappa shape index (κ1) is 25.2. The number of carbonyl (C=O) groups is 3. The number of aromatic nitrogens is 1. The number of amides is 3. The molecular weight excluding hydrogens is 500 g/mol. The van der Waals surface area contributed by atoms with Gasteiger partial charge in [0.1, 0.15) is 12.6 Å². The largest absolute Gasteiger partial charge is 0.445 e. The van der Waals surface area contributed by atoms with Gasteiger partial charge in [0.05, 0.1) is 5.69 Å². The highest BCUT2D eigenvalue weighted by Crippen LogP contribution is 2.27. The van der Waals surface area contributed by atoms with Crippen molar-refractivity contribution in [1.29, 1.82) is 0 Å². The van der Waals surface area contributed by atoms with E-state index in [-0.39, 0.29) is 18.4 Å². The summed E-state index contributed by atoms with van der Waals surface area (Å²) in [5, 5.41) is 8.03. The van der Waals surface area contributed by atoms with Crippen LogP contribution < -0.4 is 10.6 Å². The van der Waals surface area contributed by atoms with Crippen LogP contribution >= 0.6 is 11.3 Å². The second kappa shape index (κ2) is 11.7. The molecule has 0 saturated carbocycles. The highest BCUT2D eigenvalue weighted by molar-refractivity contribution is 7.14. The Labute approximate surface area is 224 Å². The third-order valence-electron chi connectivity index (χ3n) is 6.20. The van der Waals surface area contributed by atoms with Crippen molar-refractivity contribution in [3.8, 4) is 11.3 Å². The van der Waals surface area contributed by atoms with Crippen molar-refractivity contribution < 1.29 is 19.1 Å². The van der Waals surface area contributed by atoms with E-state index in [0.717, 1.165) is 17.5 Å². The van der Waals surface area contributed by atoms with Crippen molar-refractivity contribution in [2.75, 3.05) is 17.2 Å². The fourth-order valence-corrected chi connectivity index (χ4v) is 4.95. The average Bonchev–Trinajstić information content (AvgIpc) is 3.64. The van der Waals surface area contributed by atoms with Gasteiger partial charge in [-0.25, -0.2) is 9.78 Å². The molecule has 192 valence electrons. The van der Waals surface area contributed by atoms with Crippen LogP contribution in [0.5, 0.6) is 0 Å². The summed E-state index contributed by atoms with van der Waals surface area (Å²) in [5.74, 6) is -0.457. The standard InChI is InChI=1S/C29H26N4O4S/c34-26(22-10-5-2-6-11-22)30-23-15-13-21(14-16-23)24-19-38-28(31-24)32-27(35)25-12-7-17-33(25)29(36)37-18-20-8-3-1-4-9-20/h1-6,8-11,13-16,19,25H,7,12,17-18H2,(H,30,34)(H,31,32,35). The second-order valence-electron chi connectivity index (χ2n) is 8.82. The molecule has 1 aliphatic heterocycles. The Bertz CT molecular complexity index is 1410. The molecule has 9 heteroatoms. The van der Waals surface area contributed by atoms with E-state index in [1.807, 2.05) is 78.2 Å². The van der Waals surface area contributed by atoms with E-state index in [1.54, 1.807) is 12.1 Å². The van der Waals surface area contributed by atoms with Crippen LogP contribution in [0.4, 0.5) is 15.6 Å². The summed E-state index contributed by atoms with van der Waals surface area (Å²) < 4.78 is 5.43. The fourth-order valence-electron chi connectivity index (χ4n) is 4.23. The number of nitrogens with one attached hydrogen (secondary N) is 2. The van der Waals surface area contributed by atoms with E-state index in [9.17, 15) is 14.4 Å². The summed E-state index contributed by atoms with van der Waals surface area (Å²) in [6, 6.07) is 25.2. The molecule has 8 nitrogen and oxygen atoms in total. The third-order valence-corrected chi connectivity index (χ3v) is 6.96. The molecule has 1 fully saturated rings. The van der Waals surface area contributed by atoms with Gasteiger partial charge in [-0.2, -0.15) is 0 Å². The molecule has 0 bridgehead atoms. The molecule has 3 aromatic carbocycles.